The van der Waals surface area contributed by atoms with Crippen LogP contribution in [0, 0.1) is 5.92 Å². The summed E-state index contributed by atoms with van der Waals surface area (Å²) in [5, 5.41) is 7.83. The van der Waals surface area contributed by atoms with E-state index in [2.05, 4.69) is 26.5 Å². The van der Waals surface area contributed by atoms with Crippen LogP contribution in [0.4, 0.5) is 0 Å². The molecule has 1 aromatic rings. The van der Waals surface area contributed by atoms with Crippen molar-refractivity contribution >= 4 is 39.4 Å². The minimum absolute atomic E-state index is 0.0348. The highest BCUT2D eigenvalue weighted by Crippen LogP contribution is 2.28. The summed E-state index contributed by atoms with van der Waals surface area (Å²) in [6, 6.07) is 0. The van der Waals surface area contributed by atoms with Gasteiger partial charge in [0.1, 0.15) is 0 Å². The molecule has 0 saturated heterocycles. The summed E-state index contributed by atoms with van der Waals surface area (Å²) in [5.41, 5.74) is 3.52. The zero-order valence-corrected chi connectivity index (χ0v) is 9.77. The van der Waals surface area contributed by atoms with Crippen LogP contribution in [0.15, 0.2) is 20.3 Å². The quantitative estimate of drug-likeness (QED) is 0.666. The Morgan fingerprint density at radius 2 is 2.43 bits per heavy atom. The van der Waals surface area contributed by atoms with Crippen LogP contribution in [0.25, 0.3) is 0 Å². The molecule has 0 unspecified atom stereocenters. The van der Waals surface area contributed by atoms with Gasteiger partial charge >= 0.3 is 0 Å². The summed E-state index contributed by atoms with van der Waals surface area (Å²) >= 11 is 4.97. The van der Waals surface area contributed by atoms with E-state index in [-0.39, 0.29) is 11.8 Å². The molecule has 1 fully saturated rings. The summed E-state index contributed by atoms with van der Waals surface area (Å²) in [4.78, 5) is 11.2. The molecule has 5 heteroatoms. The maximum Gasteiger partial charge on any atom is 0.243 e. The second-order valence-corrected chi connectivity index (χ2v) is 4.78. The highest BCUT2D eigenvalue weighted by Gasteiger charge is 2.29. The van der Waals surface area contributed by atoms with Gasteiger partial charge in [0.2, 0.25) is 5.91 Å². The fourth-order valence-corrected chi connectivity index (χ4v) is 2.34. The molecule has 1 N–H and O–H groups in total. The van der Waals surface area contributed by atoms with Gasteiger partial charge in [-0.15, -0.1) is 0 Å². The van der Waals surface area contributed by atoms with Crippen molar-refractivity contribution in [3.05, 3.63) is 20.8 Å². The van der Waals surface area contributed by atoms with Gasteiger partial charge < -0.3 is 0 Å². The number of carbonyl (C=O) groups is 1. The van der Waals surface area contributed by atoms with Crippen LogP contribution in [0.3, 0.4) is 0 Å². The van der Waals surface area contributed by atoms with Gasteiger partial charge in [-0.3, -0.25) is 4.79 Å². The molecule has 74 valence electrons. The van der Waals surface area contributed by atoms with Gasteiger partial charge in [-0.05, 0) is 28.8 Å². The van der Waals surface area contributed by atoms with Gasteiger partial charge in [-0.25, -0.2) is 5.43 Å². The number of thiophene rings is 1. The molecule has 0 radical (unpaired) electrons. The zero-order chi connectivity index (χ0) is 9.97. The Kier molecular flexibility index (Phi) is 2.98. The highest BCUT2D eigenvalue weighted by molar-refractivity contribution is 9.10. The van der Waals surface area contributed by atoms with E-state index >= 15 is 0 Å². The number of hydrogen-bond donors (Lipinski definition) is 1. The average Bonchev–Trinajstić information content (AvgIpc) is 2.93. The normalized spacial score (nSPS) is 16.1. The Bertz CT molecular complexity index is 371. The highest BCUT2D eigenvalue weighted by atomic mass is 79.9. The predicted octanol–water partition coefficient (Wildman–Crippen LogP) is 2.37. The maximum atomic E-state index is 11.2. The third-order valence-corrected chi connectivity index (χ3v) is 3.72. The van der Waals surface area contributed by atoms with Crippen molar-refractivity contribution in [3.8, 4) is 0 Å². The van der Waals surface area contributed by atoms with Crippen LogP contribution in [-0.2, 0) is 4.79 Å². The summed E-state index contributed by atoms with van der Waals surface area (Å²) < 4.78 is 1.01. The number of rotatable bonds is 3. The SMILES string of the molecule is O=C(N/N=C\c1cscc1Br)C1CC1. The summed E-state index contributed by atoms with van der Waals surface area (Å²) in [6.07, 6.45) is 3.66. The molecule has 3 nitrogen and oxygen atoms in total. The number of nitrogens with zero attached hydrogens (tertiary/aromatic N) is 1. The van der Waals surface area contributed by atoms with E-state index in [9.17, 15) is 4.79 Å². The third-order valence-electron chi connectivity index (χ3n) is 1.97. The Hall–Kier alpha value is -0.680. The van der Waals surface area contributed by atoms with Crippen LogP contribution < -0.4 is 5.43 Å². The summed E-state index contributed by atoms with van der Waals surface area (Å²) in [5.74, 6) is 0.241. The topological polar surface area (TPSA) is 41.5 Å². The van der Waals surface area contributed by atoms with Crippen LogP contribution in [0.5, 0.6) is 0 Å². The molecule has 14 heavy (non-hydrogen) atoms. The molecule has 1 amide bonds. The second-order valence-electron chi connectivity index (χ2n) is 3.18. The maximum absolute atomic E-state index is 11.2. The van der Waals surface area contributed by atoms with Crippen molar-refractivity contribution in [2.45, 2.75) is 12.8 Å². The molecule has 2 rings (SSSR count). The lowest BCUT2D eigenvalue weighted by atomic mass is 10.4. The largest absolute Gasteiger partial charge is 0.273 e. The van der Waals surface area contributed by atoms with Crippen molar-refractivity contribution in [3.63, 3.8) is 0 Å². The molecule has 1 saturated carbocycles. The fourth-order valence-electron chi connectivity index (χ4n) is 0.986. The van der Waals surface area contributed by atoms with Gasteiger partial charge in [0, 0.05) is 26.7 Å². The predicted molar refractivity (Wildman–Crippen MR) is 60.5 cm³/mol. The lowest BCUT2D eigenvalue weighted by Gasteiger charge is -1.94. The van der Waals surface area contributed by atoms with Crippen LogP contribution >= 0.6 is 27.3 Å². The summed E-state index contributed by atoms with van der Waals surface area (Å²) in [7, 11) is 0. The van der Waals surface area contributed by atoms with Crippen molar-refractivity contribution in [1.82, 2.24) is 5.43 Å². The summed E-state index contributed by atoms with van der Waals surface area (Å²) in [6.45, 7) is 0. The Morgan fingerprint density at radius 3 is 3.00 bits per heavy atom. The van der Waals surface area contributed by atoms with Gasteiger partial charge in [-0.2, -0.15) is 16.4 Å². The van der Waals surface area contributed by atoms with Crippen molar-refractivity contribution in [2.75, 3.05) is 0 Å². The first-order chi connectivity index (χ1) is 6.77. The molecule has 0 bridgehead atoms. The van der Waals surface area contributed by atoms with E-state index in [4.69, 9.17) is 0 Å². The second kappa shape index (κ2) is 4.23. The number of nitrogens with one attached hydrogen (secondary N) is 1. The van der Waals surface area contributed by atoms with Gasteiger partial charge in [-0.1, -0.05) is 0 Å². The molecule has 0 atom stereocenters. The van der Waals surface area contributed by atoms with E-state index in [1.54, 1.807) is 17.6 Å². The smallest absolute Gasteiger partial charge is 0.243 e. The molecule has 0 aromatic carbocycles. The van der Waals surface area contributed by atoms with E-state index in [1.165, 1.54) is 0 Å². The van der Waals surface area contributed by atoms with Crippen LogP contribution in [0.1, 0.15) is 18.4 Å². The van der Waals surface area contributed by atoms with Crippen molar-refractivity contribution < 1.29 is 4.79 Å². The van der Waals surface area contributed by atoms with Crippen molar-refractivity contribution in [2.24, 2.45) is 11.0 Å². The van der Waals surface area contributed by atoms with Crippen molar-refractivity contribution in [1.29, 1.82) is 0 Å². The van der Waals surface area contributed by atoms with E-state index in [0.717, 1.165) is 22.9 Å². The number of carbonyl (C=O) groups excluding carboxylic acids is 1. The van der Waals surface area contributed by atoms with Crippen LogP contribution in [-0.4, -0.2) is 12.1 Å². The van der Waals surface area contributed by atoms with E-state index in [0.29, 0.717) is 0 Å². The van der Waals surface area contributed by atoms with E-state index in [1.807, 2.05) is 10.8 Å². The molecule has 0 spiro atoms. The monoisotopic (exact) mass is 272 g/mol. The standard InChI is InChI=1S/C9H9BrN2OS/c10-8-5-14-4-7(8)3-11-12-9(13)6-1-2-6/h3-6H,1-2H2,(H,12,13)/b11-3-. The van der Waals surface area contributed by atoms with Gasteiger partial charge in [0.15, 0.2) is 0 Å². The first-order valence-electron chi connectivity index (χ1n) is 4.32. The molecule has 1 aliphatic carbocycles. The molecule has 0 aliphatic heterocycles. The number of amides is 1. The lowest BCUT2D eigenvalue weighted by molar-refractivity contribution is -0.122. The van der Waals surface area contributed by atoms with E-state index < -0.39 is 0 Å². The molecular formula is C9H9BrN2OS. The molecular weight excluding hydrogens is 264 g/mol. The zero-order valence-electron chi connectivity index (χ0n) is 7.37. The van der Waals surface area contributed by atoms with Crippen LogP contribution in [0.2, 0.25) is 0 Å². The Labute approximate surface area is 94.3 Å². The molecule has 1 heterocycles. The average molecular weight is 273 g/mol. The first-order valence-corrected chi connectivity index (χ1v) is 6.05. The first kappa shape index (κ1) is 9.86. The Morgan fingerprint density at radius 1 is 1.64 bits per heavy atom. The molecule has 1 aliphatic rings. The van der Waals surface area contributed by atoms with Gasteiger partial charge in [0.25, 0.3) is 0 Å². The molecule has 1 aromatic heterocycles. The minimum Gasteiger partial charge on any atom is -0.273 e. The third kappa shape index (κ3) is 2.42. The van der Waals surface area contributed by atoms with Gasteiger partial charge in [0.05, 0.1) is 6.21 Å². The fraction of sp³-hybridized carbons (Fsp3) is 0.333. The number of halogens is 1. The lowest BCUT2D eigenvalue weighted by Crippen LogP contribution is -2.18. The number of hydrazone groups is 1. The number of hydrogen-bond acceptors (Lipinski definition) is 3. The minimum atomic E-state index is 0.0348. The Balaban J connectivity index is 1.87.